The van der Waals surface area contributed by atoms with Gasteiger partial charge in [0.1, 0.15) is 5.75 Å². The summed E-state index contributed by atoms with van der Waals surface area (Å²) in [4.78, 5) is 2.39. The predicted molar refractivity (Wildman–Crippen MR) is 84.5 cm³/mol. The Morgan fingerprint density at radius 1 is 1.35 bits per heavy atom. The highest BCUT2D eigenvalue weighted by Gasteiger charge is 2.20. The monoisotopic (exact) mass is 276 g/mol. The Labute approximate surface area is 123 Å². The van der Waals surface area contributed by atoms with Crippen molar-refractivity contribution in [1.29, 1.82) is 0 Å². The molecule has 112 valence electrons. The van der Waals surface area contributed by atoms with Gasteiger partial charge in [-0.05, 0) is 58.5 Å². The molecule has 0 bridgehead atoms. The fourth-order valence-electron chi connectivity index (χ4n) is 2.62. The standard InChI is InChI=1S/C17H28N2O/c1-14(2)19(3)11-6-10-18-13-15-9-12-20-17-8-5-4-7-16(15)17/h4-5,7-8,14-15,18H,6,9-13H2,1-3H3. The molecule has 1 atom stereocenters. The Hall–Kier alpha value is -1.06. The normalized spacial score (nSPS) is 18.1. The summed E-state index contributed by atoms with van der Waals surface area (Å²) in [5.41, 5.74) is 1.37. The highest BCUT2D eigenvalue weighted by molar-refractivity contribution is 5.37. The summed E-state index contributed by atoms with van der Waals surface area (Å²) < 4.78 is 5.70. The van der Waals surface area contributed by atoms with Crippen molar-refractivity contribution in [2.45, 2.75) is 38.6 Å². The smallest absolute Gasteiger partial charge is 0.122 e. The molecule has 1 aromatic rings. The zero-order valence-corrected chi connectivity index (χ0v) is 13.1. The number of ether oxygens (including phenoxy) is 1. The molecule has 3 nitrogen and oxygen atoms in total. The number of fused-ring (bicyclic) bond motifs is 1. The molecule has 1 aliphatic rings. The molecule has 0 saturated heterocycles. The number of benzene rings is 1. The van der Waals surface area contributed by atoms with Crippen LogP contribution in [0, 0.1) is 0 Å². The van der Waals surface area contributed by atoms with Gasteiger partial charge >= 0.3 is 0 Å². The van der Waals surface area contributed by atoms with E-state index in [1.807, 2.05) is 0 Å². The van der Waals surface area contributed by atoms with Crippen LogP contribution in [-0.2, 0) is 0 Å². The second-order valence-electron chi connectivity index (χ2n) is 6.00. The van der Waals surface area contributed by atoms with Gasteiger partial charge in [0.15, 0.2) is 0 Å². The van der Waals surface area contributed by atoms with E-state index in [4.69, 9.17) is 4.74 Å². The Morgan fingerprint density at radius 3 is 2.95 bits per heavy atom. The average molecular weight is 276 g/mol. The molecule has 0 saturated carbocycles. The van der Waals surface area contributed by atoms with Gasteiger partial charge in [-0.15, -0.1) is 0 Å². The Morgan fingerprint density at radius 2 is 2.15 bits per heavy atom. The van der Waals surface area contributed by atoms with E-state index in [9.17, 15) is 0 Å². The maximum Gasteiger partial charge on any atom is 0.122 e. The number of nitrogens with zero attached hydrogens (tertiary/aromatic N) is 1. The molecule has 1 heterocycles. The van der Waals surface area contributed by atoms with Crippen LogP contribution in [0.1, 0.15) is 38.2 Å². The zero-order chi connectivity index (χ0) is 14.4. The van der Waals surface area contributed by atoms with Crippen molar-refractivity contribution in [1.82, 2.24) is 10.2 Å². The number of hydrogen-bond acceptors (Lipinski definition) is 3. The van der Waals surface area contributed by atoms with Crippen LogP contribution < -0.4 is 10.1 Å². The summed E-state index contributed by atoms with van der Waals surface area (Å²) in [6.07, 6.45) is 2.33. The third-order valence-electron chi connectivity index (χ3n) is 4.22. The van der Waals surface area contributed by atoms with Crippen LogP contribution in [0.25, 0.3) is 0 Å². The lowest BCUT2D eigenvalue weighted by atomic mass is 9.93. The molecule has 2 rings (SSSR count). The molecule has 0 aromatic heterocycles. The van der Waals surface area contributed by atoms with Gasteiger partial charge in [0.25, 0.3) is 0 Å². The van der Waals surface area contributed by atoms with Crippen molar-refractivity contribution in [3.63, 3.8) is 0 Å². The molecular weight excluding hydrogens is 248 g/mol. The van der Waals surface area contributed by atoms with Crippen LogP contribution in [0.5, 0.6) is 5.75 Å². The van der Waals surface area contributed by atoms with E-state index in [1.54, 1.807) is 0 Å². The first-order chi connectivity index (χ1) is 9.68. The largest absolute Gasteiger partial charge is 0.493 e. The van der Waals surface area contributed by atoms with E-state index >= 15 is 0 Å². The molecule has 3 heteroatoms. The molecule has 1 aromatic carbocycles. The molecule has 0 fully saturated rings. The van der Waals surface area contributed by atoms with E-state index in [-0.39, 0.29) is 0 Å². The Kier molecular flexibility index (Phi) is 5.86. The first-order valence-corrected chi connectivity index (χ1v) is 7.81. The molecule has 0 spiro atoms. The number of hydrogen-bond donors (Lipinski definition) is 1. The van der Waals surface area contributed by atoms with E-state index in [0.29, 0.717) is 12.0 Å². The van der Waals surface area contributed by atoms with Crippen molar-refractivity contribution in [2.24, 2.45) is 0 Å². The highest BCUT2D eigenvalue weighted by atomic mass is 16.5. The minimum atomic E-state index is 0.600. The summed E-state index contributed by atoms with van der Waals surface area (Å²) >= 11 is 0. The van der Waals surface area contributed by atoms with Crippen LogP contribution in [0.3, 0.4) is 0 Å². The van der Waals surface area contributed by atoms with E-state index in [1.165, 1.54) is 12.0 Å². The Balaban J connectivity index is 1.70. The SMILES string of the molecule is CC(C)N(C)CCCNCC1CCOc2ccccc21. The van der Waals surface area contributed by atoms with E-state index in [2.05, 4.69) is 55.4 Å². The van der Waals surface area contributed by atoms with Crippen molar-refractivity contribution < 1.29 is 4.74 Å². The first-order valence-electron chi connectivity index (χ1n) is 7.81. The van der Waals surface area contributed by atoms with Crippen molar-refractivity contribution in [2.75, 3.05) is 33.3 Å². The van der Waals surface area contributed by atoms with Gasteiger partial charge in [-0.1, -0.05) is 18.2 Å². The topological polar surface area (TPSA) is 24.5 Å². The van der Waals surface area contributed by atoms with Gasteiger partial charge in [-0.2, -0.15) is 0 Å². The van der Waals surface area contributed by atoms with E-state index in [0.717, 1.165) is 38.4 Å². The summed E-state index contributed by atoms with van der Waals surface area (Å²) in [7, 11) is 2.19. The maximum atomic E-state index is 5.70. The summed E-state index contributed by atoms with van der Waals surface area (Å²) in [6.45, 7) is 8.65. The zero-order valence-electron chi connectivity index (χ0n) is 13.1. The van der Waals surface area contributed by atoms with Gasteiger partial charge in [0.05, 0.1) is 6.61 Å². The number of nitrogens with one attached hydrogen (secondary N) is 1. The number of para-hydroxylation sites is 1. The molecular formula is C17H28N2O. The van der Waals surface area contributed by atoms with Crippen LogP contribution in [0.2, 0.25) is 0 Å². The van der Waals surface area contributed by atoms with Crippen molar-refractivity contribution in [3.8, 4) is 5.75 Å². The highest BCUT2D eigenvalue weighted by Crippen LogP contribution is 2.32. The fraction of sp³-hybridized carbons (Fsp3) is 0.647. The van der Waals surface area contributed by atoms with Crippen molar-refractivity contribution >= 4 is 0 Å². The minimum Gasteiger partial charge on any atom is -0.493 e. The third kappa shape index (κ3) is 4.22. The molecule has 0 radical (unpaired) electrons. The summed E-state index contributed by atoms with van der Waals surface area (Å²) in [6, 6.07) is 9.08. The maximum absolute atomic E-state index is 5.70. The quantitative estimate of drug-likeness (QED) is 0.775. The lowest BCUT2D eigenvalue weighted by Gasteiger charge is -2.26. The Bertz CT molecular complexity index is 406. The van der Waals surface area contributed by atoms with Gasteiger partial charge in [-0.3, -0.25) is 0 Å². The molecule has 0 amide bonds. The second-order valence-corrected chi connectivity index (χ2v) is 6.00. The van der Waals surface area contributed by atoms with Crippen LogP contribution in [-0.4, -0.2) is 44.2 Å². The van der Waals surface area contributed by atoms with Crippen LogP contribution in [0.15, 0.2) is 24.3 Å². The predicted octanol–water partition coefficient (Wildman–Crippen LogP) is 2.87. The molecule has 20 heavy (non-hydrogen) atoms. The van der Waals surface area contributed by atoms with Crippen molar-refractivity contribution in [3.05, 3.63) is 29.8 Å². The molecule has 1 unspecified atom stereocenters. The third-order valence-corrected chi connectivity index (χ3v) is 4.22. The molecule has 0 aliphatic carbocycles. The van der Waals surface area contributed by atoms with Gasteiger partial charge in [0.2, 0.25) is 0 Å². The first kappa shape index (κ1) is 15.3. The van der Waals surface area contributed by atoms with Gasteiger partial charge < -0.3 is 15.0 Å². The second kappa shape index (κ2) is 7.65. The molecule has 1 aliphatic heterocycles. The number of rotatable bonds is 7. The van der Waals surface area contributed by atoms with Gasteiger partial charge in [-0.25, -0.2) is 0 Å². The van der Waals surface area contributed by atoms with Gasteiger partial charge in [0, 0.05) is 18.5 Å². The lowest BCUT2D eigenvalue weighted by molar-refractivity contribution is 0.259. The van der Waals surface area contributed by atoms with Crippen LogP contribution >= 0.6 is 0 Å². The van der Waals surface area contributed by atoms with Crippen LogP contribution in [0.4, 0.5) is 0 Å². The minimum absolute atomic E-state index is 0.600. The summed E-state index contributed by atoms with van der Waals surface area (Å²) in [5, 5.41) is 3.61. The van der Waals surface area contributed by atoms with E-state index < -0.39 is 0 Å². The lowest BCUT2D eigenvalue weighted by Crippen LogP contribution is -2.31. The molecule has 1 N–H and O–H groups in total. The average Bonchev–Trinajstić information content (AvgIpc) is 2.46. The fourth-order valence-corrected chi connectivity index (χ4v) is 2.62. The summed E-state index contributed by atoms with van der Waals surface area (Å²) in [5.74, 6) is 1.67.